The standard InChI is InChI=1S/C13H13N3.ClH/c1-2-4-12-10(3-1)5-7-14-13(12)11-6-8-15-16-9-11;/h1-4,6,8-9,13-14H,5,7H2;1H. The number of fused-ring (bicyclic) bond motifs is 1. The Morgan fingerprint density at radius 3 is 2.82 bits per heavy atom. The van der Waals surface area contributed by atoms with E-state index in [1.807, 2.05) is 12.3 Å². The van der Waals surface area contributed by atoms with Gasteiger partial charge in [-0.1, -0.05) is 24.3 Å². The van der Waals surface area contributed by atoms with Gasteiger partial charge in [-0.15, -0.1) is 12.4 Å². The monoisotopic (exact) mass is 247 g/mol. The van der Waals surface area contributed by atoms with Crippen LogP contribution >= 0.6 is 12.4 Å². The fourth-order valence-electron chi connectivity index (χ4n) is 2.27. The number of aromatic nitrogens is 2. The highest BCUT2D eigenvalue weighted by Gasteiger charge is 2.20. The quantitative estimate of drug-likeness (QED) is 0.839. The number of hydrogen-bond donors (Lipinski definition) is 1. The average Bonchev–Trinajstić information content (AvgIpc) is 2.39. The van der Waals surface area contributed by atoms with Crippen molar-refractivity contribution in [2.45, 2.75) is 12.5 Å². The summed E-state index contributed by atoms with van der Waals surface area (Å²) >= 11 is 0. The second kappa shape index (κ2) is 5.25. The maximum atomic E-state index is 3.94. The van der Waals surface area contributed by atoms with Gasteiger partial charge in [0.25, 0.3) is 0 Å². The first-order valence-electron chi connectivity index (χ1n) is 5.53. The van der Waals surface area contributed by atoms with Crippen molar-refractivity contribution in [2.75, 3.05) is 6.54 Å². The van der Waals surface area contributed by atoms with E-state index in [9.17, 15) is 0 Å². The van der Waals surface area contributed by atoms with Gasteiger partial charge in [-0.3, -0.25) is 0 Å². The van der Waals surface area contributed by atoms with Crippen molar-refractivity contribution in [1.29, 1.82) is 0 Å². The largest absolute Gasteiger partial charge is 0.306 e. The first kappa shape index (κ1) is 12.0. The summed E-state index contributed by atoms with van der Waals surface area (Å²) in [6.45, 7) is 1.02. The second-order valence-corrected chi connectivity index (χ2v) is 4.01. The molecule has 1 aliphatic heterocycles. The molecule has 88 valence electrons. The highest BCUT2D eigenvalue weighted by Crippen LogP contribution is 2.27. The molecule has 1 N–H and O–H groups in total. The highest BCUT2D eigenvalue weighted by atomic mass is 35.5. The number of nitrogens with one attached hydrogen (secondary N) is 1. The molecule has 1 unspecified atom stereocenters. The predicted octanol–water partition coefficient (Wildman–Crippen LogP) is 2.13. The SMILES string of the molecule is Cl.c1ccc2c(c1)CCNC2c1ccnnc1. The lowest BCUT2D eigenvalue weighted by Crippen LogP contribution is -2.30. The van der Waals surface area contributed by atoms with Crippen LogP contribution in [0.2, 0.25) is 0 Å². The zero-order valence-electron chi connectivity index (χ0n) is 9.34. The van der Waals surface area contributed by atoms with Gasteiger partial charge in [0.1, 0.15) is 0 Å². The molecular formula is C13H14ClN3. The van der Waals surface area contributed by atoms with Gasteiger partial charge in [-0.2, -0.15) is 10.2 Å². The van der Waals surface area contributed by atoms with Gasteiger partial charge >= 0.3 is 0 Å². The fraction of sp³-hybridized carbons (Fsp3) is 0.231. The van der Waals surface area contributed by atoms with Crippen LogP contribution in [-0.4, -0.2) is 16.7 Å². The predicted molar refractivity (Wildman–Crippen MR) is 69.3 cm³/mol. The summed E-state index contributed by atoms with van der Waals surface area (Å²) in [7, 11) is 0. The van der Waals surface area contributed by atoms with Gasteiger partial charge in [0.2, 0.25) is 0 Å². The van der Waals surface area contributed by atoms with Crippen LogP contribution in [0.5, 0.6) is 0 Å². The molecule has 0 aliphatic carbocycles. The van der Waals surface area contributed by atoms with Gasteiger partial charge in [0.05, 0.1) is 12.2 Å². The molecule has 1 aliphatic rings. The summed E-state index contributed by atoms with van der Waals surface area (Å²) in [4.78, 5) is 0. The van der Waals surface area contributed by atoms with Crippen molar-refractivity contribution in [3.63, 3.8) is 0 Å². The zero-order valence-corrected chi connectivity index (χ0v) is 10.2. The molecule has 0 spiro atoms. The molecule has 0 fully saturated rings. The second-order valence-electron chi connectivity index (χ2n) is 4.01. The van der Waals surface area contributed by atoms with Gasteiger partial charge in [-0.05, 0) is 29.2 Å². The van der Waals surface area contributed by atoms with Crippen LogP contribution in [0.25, 0.3) is 0 Å². The first-order chi connectivity index (χ1) is 7.95. The van der Waals surface area contributed by atoms with Crippen LogP contribution in [-0.2, 0) is 6.42 Å². The van der Waals surface area contributed by atoms with Crippen LogP contribution in [0.15, 0.2) is 42.7 Å². The molecular weight excluding hydrogens is 234 g/mol. The number of benzene rings is 1. The van der Waals surface area contributed by atoms with Crippen molar-refractivity contribution < 1.29 is 0 Å². The summed E-state index contributed by atoms with van der Waals surface area (Å²) in [5, 5.41) is 11.3. The van der Waals surface area contributed by atoms with E-state index in [0.29, 0.717) is 0 Å². The van der Waals surface area contributed by atoms with E-state index in [-0.39, 0.29) is 18.4 Å². The molecule has 1 aromatic heterocycles. The molecule has 3 nitrogen and oxygen atoms in total. The number of nitrogens with zero attached hydrogens (tertiary/aromatic N) is 2. The molecule has 0 bridgehead atoms. The topological polar surface area (TPSA) is 37.8 Å². The Kier molecular flexibility index (Phi) is 3.71. The molecule has 2 aromatic rings. The average molecular weight is 248 g/mol. The number of hydrogen-bond acceptors (Lipinski definition) is 3. The van der Waals surface area contributed by atoms with Crippen molar-refractivity contribution >= 4 is 12.4 Å². The van der Waals surface area contributed by atoms with Crippen molar-refractivity contribution in [2.24, 2.45) is 0 Å². The first-order valence-corrected chi connectivity index (χ1v) is 5.53. The van der Waals surface area contributed by atoms with E-state index in [2.05, 4.69) is 39.8 Å². The highest BCUT2D eigenvalue weighted by molar-refractivity contribution is 5.85. The Balaban J connectivity index is 0.00000108. The van der Waals surface area contributed by atoms with Crippen LogP contribution in [0, 0.1) is 0 Å². The third-order valence-corrected chi connectivity index (χ3v) is 3.05. The molecule has 17 heavy (non-hydrogen) atoms. The maximum absolute atomic E-state index is 3.94. The lowest BCUT2D eigenvalue weighted by atomic mass is 9.91. The Morgan fingerprint density at radius 2 is 2.00 bits per heavy atom. The van der Waals surface area contributed by atoms with Gasteiger partial charge < -0.3 is 5.32 Å². The molecule has 1 aromatic carbocycles. The number of halogens is 1. The van der Waals surface area contributed by atoms with Gasteiger partial charge in [0, 0.05) is 12.7 Å². The molecule has 4 heteroatoms. The van der Waals surface area contributed by atoms with E-state index in [4.69, 9.17) is 0 Å². The van der Waals surface area contributed by atoms with Gasteiger partial charge in [0.15, 0.2) is 0 Å². The fourth-order valence-corrected chi connectivity index (χ4v) is 2.27. The van der Waals surface area contributed by atoms with Gasteiger partial charge in [-0.25, -0.2) is 0 Å². The van der Waals surface area contributed by atoms with Crippen molar-refractivity contribution in [3.05, 3.63) is 59.4 Å². The molecule has 0 amide bonds. The molecule has 1 atom stereocenters. The normalized spacial score (nSPS) is 18.0. The summed E-state index contributed by atoms with van der Waals surface area (Å²) in [5.74, 6) is 0. The zero-order chi connectivity index (χ0) is 10.8. The summed E-state index contributed by atoms with van der Waals surface area (Å²) in [5.41, 5.74) is 3.98. The summed E-state index contributed by atoms with van der Waals surface area (Å²) in [6, 6.07) is 10.9. The molecule has 3 rings (SSSR count). The Labute approximate surface area is 107 Å². The minimum atomic E-state index is 0. The number of rotatable bonds is 1. The Bertz CT molecular complexity index is 487. The summed E-state index contributed by atoms with van der Waals surface area (Å²) < 4.78 is 0. The van der Waals surface area contributed by atoms with Crippen molar-refractivity contribution in [1.82, 2.24) is 15.5 Å². The molecule has 0 saturated carbocycles. The minimum Gasteiger partial charge on any atom is -0.306 e. The van der Waals surface area contributed by atoms with E-state index in [0.717, 1.165) is 13.0 Å². The van der Waals surface area contributed by atoms with E-state index in [1.54, 1.807) is 6.20 Å². The van der Waals surface area contributed by atoms with Crippen LogP contribution in [0.3, 0.4) is 0 Å². The Morgan fingerprint density at radius 1 is 1.12 bits per heavy atom. The third-order valence-electron chi connectivity index (χ3n) is 3.05. The van der Waals surface area contributed by atoms with Crippen molar-refractivity contribution in [3.8, 4) is 0 Å². The lowest BCUT2D eigenvalue weighted by molar-refractivity contribution is 0.565. The smallest absolute Gasteiger partial charge is 0.0596 e. The summed E-state index contributed by atoms with van der Waals surface area (Å²) in [6.07, 6.45) is 4.68. The molecule has 0 radical (unpaired) electrons. The van der Waals surface area contributed by atoms with Crippen LogP contribution in [0.4, 0.5) is 0 Å². The van der Waals surface area contributed by atoms with E-state index in [1.165, 1.54) is 16.7 Å². The van der Waals surface area contributed by atoms with Crippen LogP contribution in [0.1, 0.15) is 22.7 Å². The maximum Gasteiger partial charge on any atom is 0.0596 e. The van der Waals surface area contributed by atoms with E-state index >= 15 is 0 Å². The lowest BCUT2D eigenvalue weighted by Gasteiger charge is -2.26. The third kappa shape index (κ3) is 2.30. The van der Waals surface area contributed by atoms with Crippen LogP contribution < -0.4 is 5.32 Å². The minimum absolute atomic E-state index is 0. The Hall–Kier alpha value is -1.45. The molecule has 2 heterocycles. The van der Waals surface area contributed by atoms with E-state index < -0.39 is 0 Å². The molecule has 0 saturated heterocycles.